The van der Waals surface area contributed by atoms with Gasteiger partial charge < -0.3 is 18.3 Å². The van der Waals surface area contributed by atoms with E-state index in [4.69, 9.17) is 0 Å². The highest BCUT2D eigenvalue weighted by Gasteiger charge is 2.51. The van der Waals surface area contributed by atoms with E-state index in [-0.39, 0.29) is 21.7 Å². The molecule has 0 unspecified atom stereocenters. The molecule has 12 heterocycles. The maximum Gasteiger partial charge on any atom is 0.247 e. The molecule has 16 aromatic carbocycles. The van der Waals surface area contributed by atoms with Crippen LogP contribution in [0.25, 0.3) is 110 Å². The van der Waals surface area contributed by atoms with Gasteiger partial charge in [0.2, 0.25) is 26.9 Å². The minimum Gasteiger partial charge on any atom is -0.310 e. The molecule has 8 aliphatic rings. The molecule has 8 heteroatoms. The van der Waals surface area contributed by atoms with Crippen LogP contribution in [0, 0.1) is 27.7 Å². The summed E-state index contributed by atoms with van der Waals surface area (Å²) in [4.78, 5) is 0. The number of fused-ring (bicyclic) bond motifs is 28. The Morgan fingerprint density at radius 1 is 0.208 bits per heavy atom. The highest BCUT2D eigenvalue weighted by molar-refractivity contribution is 7.01. The fourth-order valence-electron chi connectivity index (χ4n) is 25.6. The first-order valence-corrected chi connectivity index (χ1v) is 43.4. The molecule has 0 N–H and O–H groups in total. The third-order valence-electron chi connectivity index (χ3n) is 30.2. The number of aromatic nitrogens is 4. The van der Waals surface area contributed by atoms with Crippen LogP contribution in [0.15, 0.2) is 315 Å². The van der Waals surface area contributed by atoms with Crippen molar-refractivity contribution < 1.29 is 0 Å². The van der Waals surface area contributed by atoms with Gasteiger partial charge in [0.15, 0.2) is 0 Å². The monoisotopic (exact) mass is 1530 g/mol. The van der Waals surface area contributed by atoms with Crippen molar-refractivity contribution in [3.05, 3.63) is 382 Å². The highest BCUT2D eigenvalue weighted by atomic mass is 15.0. The minimum absolute atomic E-state index is 0.0147. The maximum absolute atomic E-state index is 2.55. The van der Waals surface area contributed by atoms with Crippen molar-refractivity contribution in [1.82, 2.24) is 18.3 Å². The Morgan fingerprint density at radius 3 is 1.05 bits per heavy atom. The fourth-order valence-corrected chi connectivity index (χ4v) is 25.6. The van der Waals surface area contributed by atoms with E-state index in [1.54, 1.807) is 0 Å². The first kappa shape index (κ1) is 70.0. The van der Waals surface area contributed by atoms with Crippen LogP contribution in [-0.4, -0.2) is 45.1 Å². The molecule has 120 heavy (non-hydrogen) atoms. The van der Waals surface area contributed by atoms with Crippen LogP contribution in [0.2, 0.25) is 0 Å². The Kier molecular flexibility index (Phi) is 14.2. The van der Waals surface area contributed by atoms with Gasteiger partial charge in [-0.25, -0.2) is 0 Å². The predicted octanol–water partition coefficient (Wildman–Crippen LogP) is 18.2. The largest absolute Gasteiger partial charge is 0.310 e. The molecule has 0 amide bonds. The molecule has 0 radical (unpaired) electrons. The summed E-state index contributed by atoms with van der Waals surface area (Å²) in [5.41, 5.74) is 51.0. The van der Waals surface area contributed by atoms with Crippen LogP contribution < -0.4 is 65.6 Å². The van der Waals surface area contributed by atoms with Gasteiger partial charge in [-0.2, -0.15) is 0 Å². The summed E-state index contributed by atoms with van der Waals surface area (Å²) >= 11 is 0. The molecule has 4 nitrogen and oxygen atoms in total. The van der Waals surface area contributed by atoms with E-state index in [1.165, 1.54) is 242 Å². The van der Waals surface area contributed by atoms with Gasteiger partial charge in [0.25, 0.3) is 0 Å². The standard InChI is InChI=1S/4C28H22BN/c1-17-15-21-26-25(16-17)30-24-14-7-4-9-18(24)19-10-8-13-23(27(19)30)29(26)22-12-6-5-11-20(22)28(21,2)3;1-17-15-16-21-25-26(17)30-24-14-7-4-9-18(24)19-10-8-13-23(27(19)30)29(25)22-12-6-5-11-20(22)28(21,2)3;1-17-15-16-24-26-25(17)28(2,3)20-11-5-6-12-21(20)29(26)22-13-8-10-19-18-9-4-7-14-23(18)30(24)27(19)22;1-17-9-6-13-21-25(17)28(2,3)20-12-8-16-24-26(20)29(21)22-14-7-11-19-18-10-4-5-15-23(18)30(24)27(19)22/h4*4-16H,1-3H3. The average molecular weight is 1530 g/mol. The van der Waals surface area contributed by atoms with Gasteiger partial charge >= 0.3 is 0 Å². The van der Waals surface area contributed by atoms with E-state index in [9.17, 15) is 0 Å². The molecule has 28 rings (SSSR count). The Labute approximate surface area is 702 Å². The van der Waals surface area contributed by atoms with E-state index in [0.29, 0.717) is 26.9 Å². The zero-order chi connectivity index (χ0) is 80.8. The first-order valence-electron chi connectivity index (χ1n) is 43.4. The van der Waals surface area contributed by atoms with E-state index < -0.39 is 0 Å². The number of hydrogen-bond acceptors (Lipinski definition) is 0. The topological polar surface area (TPSA) is 19.7 Å². The molecule has 20 aromatic rings. The van der Waals surface area contributed by atoms with Crippen LogP contribution in [0.4, 0.5) is 0 Å². The van der Waals surface area contributed by atoms with Crippen molar-refractivity contribution in [3.8, 4) is 22.7 Å². The summed E-state index contributed by atoms with van der Waals surface area (Å²) in [7, 11) is 0. The summed E-state index contributed by atoms with van der Waals surface area (Å²) in [6.45, 7) is 29.4. The van der Waals surface area contributed by atoms with Crippen molar-refractivity contribution in [3.63, 3.8) is 0 Å². The Bertz CT molecular complexity index is 8000. The quantitative estimate of drug-likeness (QED) is 0.135. The SMILES string of the molecule is Cc1cc2c3c(c1)C(C)(C)c1ccccc1B3c1cccc3c4ccccc4n-2c13.Cc1ccc2c3c1-n1c4ccccc4c4cccc(c41)B3c1ccccc1C2(C)C.Cc1ccc2c3c1C(C)(C)c1ccccc1B3c1cccc3c4ccccc4n-2c13.Cc1cccc2c1C(C)(C)c1cccc3c1B2c1cccc2c4ccccc4n-3c12. The molecule has 0 saturated carbocycles. The smallest absolute Gasteiger partial charge is 0.247 e. The van der Waals surface area contributed by atoms with E-state index >= 15 is 0 Å². The third kappa shape index (κ3) is 8.86. The zero-order valence-electron chi connectivity index (χ0n) is 70.1. The van der Waals surface area contributed by atoms with Crippen LogP contribution in [0.1, 0.15) is 122 Å². The summed E-state index contributed by atoms with van der Waals surface area (Å²) in [6, 6.07) is 118. The molecule has 8 aliphatic heterocycles. The van der Waals surface area contributed by atoms with Crippen molar-refractivity contribution in [2.75, 3.05) is 0 Å². The van der Waals surface area contributed by atoms with Crippen molar-refractivity contribution >= 4 is 180 Å². The number of aryl methyl sites for hydroxylation is 4. The average Bonchev–Trinajstić information content (AvgIpc) is 1.40. The molecule has 0 bridgehead atoms. The van der Waals surface area contributed by atoms with Crippen molar-refractivity contribution in [1.29, 1.82) is 0 Å². The number of nitrogens with zero attached hydrogens (tertiary/aromatic N) is 4. The number of rotatable bonds is 0. The second kappa shape index (κ2) is 24.4. The first-order chi connectivity index (χ1) is 58.3. The molecular weight excluding hydrogens is 1440 g/mol. The Morgan fingerprint density at radius 2 is 0.533 bits per heavy atom. The predicted molar refractivity (Wildman–Crippen MR) is 515 cm³/mol. The molecule has 0 saturated heterocycles. The number of benzene rings is 16. The summed E-state index contributed by atoms with van der Waals surface area (Å²) < 4.78 is 10.1. The summed E-state index contributed by atoms with van der Waals surface area (Å²) in [5, 5.41) is 10.8. The van der Waals surface area contributed by atoms with Crippen LogP contribution in [0.3, 0.4) is 0 Å². The normalized spacial score (nSPS) is 15.4. The van der Waals surface area contributed by atoms with E-state index in [0.717, 1.165) is 0 Å². The lowest BCUT2D eigenvalue weighted by atomic mass is 9.30. The second-order valence-electron chi connectivity index (χ2n) is 37.8. The molecule has 0 fully saturated rings. The zero-order valence-corrected chi connectivity index (χ0v) is 70.1. The lowest BCUT2D eigenvalue weighted by Crippen LogP contribution is -2.63. The molecular formula is C112H88B4N4. The fraction of sp³-hybridized carbons (Fsp3) is 0.143. The molecule has 568 valence electrons. The van der Waals surface area contributed by atoms with Gasteiger partial charge in [0.05, 0.1) is 22.1 Å². The minimum atomic E-state index is -0.0170. The molecule has 0 atom stereocenters. The molecule has 4 aromatic heterocycles. The third-order valence-corrected chi connectivity index (χ3v) is 30.2. The van der Waals surface area contributed by atoms with Gasteiger partial charge in [0.1, 0.15) is 0 Å². The van der Waals surface area contributed by atoms with Gasteiger partial charge in [-0.15, -0.1) is 0 Å². The summed E-state index contributed by atoms with van der Waals surface area (Å²) in [6.07, 6.45) is 0. The molecule has 0 spiro atoms. The second-order valence-corrected chi connectivity index (χ2v) is 37.8. The van der Waals surface area contributed by atoms with Crippen molar-refractivity contribution in [2.24, 2.45) is 0 Å². The van der Waals surface area contributed by atoms with Gasteiger partial charge in [0, 0.05) is 110 Å². The van der Waals surface area contributed by atoms with E-state index in [2.05, 4.69) is 417 Å². The number of para-hydroxylation sites is 8. The van der Waals surface area contributed by atoms with Gasteiger partial charge in [-0.1, -0.05) is 350 Å². The van der Waals surface area contributed by atoms with Crippen LogP contribution >= 0.6 is 0 Å². The van der Waals surface area contributed by atoms with Gasteiger partial charge in [-0.05, 0) is 181 Å². The molecule has 0 aliphatic carbocycles. The van der Waals surface area contributed by atoms with Gasteiger partial charge in [-0.3, -0.25) is 0 Å². The van der Waals surface area contributed by atoms with Crippen LogP contribution in [-0.2, 0) is 21.7 Å². The lowest BCUT2D eigenvalue weighted by Gasteiger charge is -2.42. The Balaban J connectivity index is 0.0000000886. The maximum atomic E-state index is 2.55. The lowest BCUT2D eigenvalue weighted by molar-refractivity contribution is 0.640. The summed E-state index contributed by atoms with van der Waals surface area (Å²) in [5.74, 6) is 0. The number of hydrogen-bond donors (Lipinski definition) is 0. The van der Waals surface area contributed by atoms with E-state index in [1.807, 2.05) is 0 Å². The highest BCUT2D eigenvalue weighted by Crippen LogP contribution is 2.47. The van der Waals surface area contributed by atoms with Crippen molar-refractivity contribution in [2.45, 2.75) is 105 Å². The Hall–Kier alpha value is -13.0. The van der Waals surface area contributed by atoms with Crippen LogP contribution in [0.5, 0.6) is 0 Å².